The summed E-state index contributed by atoms with van der Waals surface area (Å²) in [7, 11) is 0. The van der Waals surface area contributed by atoms with Crippen molar-refractivity contribution in [2.75, 3.05) is 0 Å². The van der Waals surface area contributed by atoms with Crippen LogP contribution in [0, 0.1) is 0 Å². The number of H-pyrrole nitrogens is 1. The van der Waals surface area contributed by atoms with Crippen molar-refractivity contribution in [3.63, 3.8) is 0 Å². The Kier molecular flexibility index (Phi) is 4.60. The van der Waals surface area contributed by atoms with E-state index >= 15 is 0 Å². The Morgan fingerprint density at radius 2 is 2.00 bits per heavy atom. The quantitative estimate of drug-likeness (QED) is 0.758. The van der Waals surface area contributed by atoms with E-state index in [-0.39, 0.29) is 12.1 Å². The normalized spacial score (nSPS) is 13.4. The van der Waals surface area contributed by atoms with Gasteiger partial charge >= 0.3 is 5.97 Å². The van der Waals surface area contributed by atoms with Gasteiger partial charge in [-0.3, -0.25) is 9.89 Å². The average molecular weight is 301 g/mol. The predicted molar refractivity (Wildman–Crippen MR) is 81.6 cm³/mol. The van der Waals surface area contributed by atoms with Crippen LogP contribution < -0.4 is 5.32 Å². The lowest BCUT2D eigenvalue weighted by Crippen LogP contribution is -2.53. The summed E-state index contributed by atoms with van der Waals surface area (Å²) in [5, 5.41) is 18.7. The van der Waals surface area contributed by atoms with Crippen LogP contribution in [0.2, 0.25) is 0 Å². The van der Waals surface area contributed by atoms with Crippen LogP contribution >= 0.6 is 0 Å². The molecular formula is C16H19N3O3. The van der Waals surface area contributed by atoms with E-state index in [2.05, 4.69) is 15.5 Å². The van der Waals surface area contributed by atoms with E-state index in [1.54, 1.807) is 6.07 Å². The largest absolute Gasteiger partial charge is 0.480 e. The molecule has 6 heteroatoms. The first-order valence-corrected chi connectivity index (χ1v) is 7.08. The first-order valence-electron chi connectivity index (χ1n) is 7.08. The van der Waals surface area contributed by atoms with Crippen LogP contribution in [-0.4, -0.2) is 32.7 Å². The summed E-state index contributed by atoms with van der Waals surface area (Å²) in [6, 6.07) is 10.8. The molecule has 1 amide bonds. The van der Waals surface area contributed by atoms with Crippen molar-refractivity contribution in [2.24, 2.45) is 0 Å². The van der Waals surface area contributed by atoms with Crippen LogP contribution in [0.5, 0.6) is 0 Å². The van der Waals surface area contributed by atoms with Crippen LogP contribution in [0.15, 0.2) is 36.4 Å². The van der Waals surface area contributed by atoms with E-state index in [9.17, 15) is 14.7 Å². The van der Waals surface area contributed by atoms with Crippen LogP contribution in [0.3, 0.4) is 0 Å². The van der Waals surface area contributed by atoms with Gasteiger partial charge in [0.15, 0.2) is 0 Å². The number of hydrogen-bond acceptors (Lipinski definition) is 3. The molecule has 22 heavy (non-hydrogen) atoms. The van der Waals surface area contributed by atoms with Crippen molar-refractivity contribution < 1.29 is 14.7 Å². The monoisotopic (exact) mass is 301 g/mol. The molecule has 0 spiro atoms. The van der Waals surface area contributed by atoms with Gasteiger partial charge in [-0.15, -0.1) is 0 Å². The fourth-order valence-electron chi connectivity index (χ4n) is 2.15. The number of hydrogen-bond donors (Lipinski definition) is 3. The van der Waals surface area contributed by atoms with Crippen molar-refractivity contribution in [1.29, 1.82) is 0 Å². The number of aliphatic carboxylic acids is 1. The van der Waals surface area contributed by atoms with Gasteiger partial charge in [-0.2, -0.15) is 5.10 Å². The van der Waals surface area contributed by atoms with E-state index < -0.39 is 17.4 Å². The number of aromatic nitrogens is 2. The van der Waals surface area contributed by atoms with Crippen molar-refractivity contribution >= 4 is 11.9 Å². The zero-order valence-electron chi connectivity index (χ0n) is 12.6. The minimum absolute atomic E-state index is 0.192. The Hall–Kier alpha value is -2.63. The lowest BCUT2D eigenvalue weighted by Gasteiger charge is -2.26. The summed E-state index contributed by atoms with van der Waals surface area (Å²) in [6.45, 7) is 3.43. The number of nitrogens with one attached hydrogen (secondary N) is 2. The van der Waals surface area contributed by atoms with Crippen LogP contribution in [-0.2, 0) is 17.6 Å². The highest BCUT2D eigenvalue weighted by Crippen LogP contribution is 2.15. The van der Waals surface area contributed by atoms with Gasteiger partial charge in [-0.25, -0.2) is 4.79 Å². The summed E-state index contributed by atoms with van der Waals surface area (Å²) < 4.78 is 0. The highest BCUT2D eigenvalue weighted by atomic mass is 16.4. The van der Waals surface area contributed by atoms with E-state index in [0.29, 0.717) is 0 Å². The number of aromatic amines is 1. The second kappa shape index (κ2) is 6.43. The number of carbonyl (C=O) groups is 2. The molecule has 2 rings (SSSR count). The van der Waals surface area contributed by atoms with Gasteiger partial charge in [-0.05, 0) is 25.0 Å². The number of carboxylic acid groups (broad SMARTS) is 1. The van der Waals surface area contributed by atoms with Crippen molar-refractivity contribution in [2.45, 2.75) is 32.2 Å². The first-order chi connectivity index (χ1) is 10.4. The van der Waals surface area contributed by atoms with Gasteiger partial charge < -0.3 is 10.4 Å². The molecule has 2 aromatic rings. The second-order valence-electron chi connectivity index (χ2n) is 5.39. The number of aryl methyl sites for hydroxylation is 1. The molecule has 3 N–H and O–H groups in total. The molecule has 0 bridgehead atoms. The standard InChI is InChI=1S/C16H19N3O3/c1-3-12-9-13(19-18-12)14(20)17-16(2,15(21)22)10-11-7-5-4-6-8-11/h4-9H,3,10H2,1-2H3,(H,17,20)(H,18,19)(H,21,22)/t16-/m0/s1. The summed E-state index contributed by atoms with van der Waals surface area (Å²) in [5.41, 5.74) is 0.454. The van der Waals surface area contributed by atoms with Gasteiger partial charge in [0.05, 0.1) is 0 Å². The minimum Gasteiger partial charge on any atom is -0.480 e. The lowest BCUT2D eigenvalue weighted by molar-refractivity contribution is -0.143. The Morgan fingerprint density at radius 1 is 1.32 bits per heavy atom. The minimum atomic E-state index is -1.40. The molecular weight excluding hydrogens is 282 g/mol. The molecule has 0 unspecified atom stereocenters. The third-order valence-corrected chi connectivity index (χ3v) is 3.51. The zero-order valence-corrected chi connectivity index (χ0v) is 12.6. The molecule has 0 saturated carbocycles. The number of carboxylic acids is 1. The molecule has 1 atom stereocenters. The summed E-state index contributed by atoms with van der Waals surface area (Å²) in [5.74, 6) is -1.59. The number of benzene rings is 1. The maximum absolute atomic E-state index is 12.2. The fourth-order valence-corrected chi connectivity index (χ4v) is 2.15. The maximum atomic E-state index is 12.2. The van der Waals surface area contributed by atoms with Crippen molar-refractivity contribution in [1.82, 2.24) is 15.5 Å². The smallest absolute Gasteiger partial charge is 0.329 e. The summed E-state index contributed by atoms with van der Waals surface area (Å²) in [6.07, 6.45) is 0.917. The molecule has 6 nitrogen and oxygen atoms in total. The zero-order chi connectivity index (χ0) is 16.2. The third-order valence-electron chi connectivity index (χ3n) is 3.51. The summed E-state index contributed by atoms with van der Waals surface area (Å²) >= 11 is 0. The Morgan fingerprint density at radius 3 is 2.55 bits per heavy atom. The molecule has 1 aromatic heterocycles. The average Bonchev–Trinajstić information content (AvgIpc) is 2.97. The highest BCUT2D eigenvalue weighted by molar-refractivity contribution is 5.96. The summed E-state index contributed by atoms with van der Waals surface area (Å²) in [4.78, 5) is 23.8. The molecule has 0 aliphatic heterocycles. The topological polar surface area (TPSA) is 95.1 Å². The molecule has 1 aromatic carbocycles. The molecule has 0 aliphatic rings. The Bertz CT molecular complexity index is 666. The van der Waals surface area contributed by atoms with Crippen molar-refractivity contribution in [3.8, 4) is 0 Å². The van der Waals surface area contributed by atoms with Crippen LogP contribution in [0.1, 0.15) is 35.6 Å². The Balaban J connectivity index is 2.17. The molecule has 0 aliphatic carbocycles. The maximum Gasteiger partial charge on any atom is 0.329 e. The SMILES string of the molecule is CCc1cc(C(=O)N[C@@](C)(Cc2ccccc2)C(=O)O)n[nH]1. The number of amides is 1. The van der Waals surface area contributed by atoms with Gasteiger partial charge in [0.1, 0.15) is 11.2 Å². The predicted octanol–water partition coefficient (Wildman–Crippen LogP) is 1.79. The number of nitrogens with zero attached hydrogens (tertiary/aromatic N) is 1. The van der Waals surface area contributed by atoms with Gasteiger partial charge in [0.25, 0.3) is 5.91 Å². The van der Waals surface area contributed by atoms with E-state index in [0.717, 1.165) is 17.7 Å². The van der Waals surface area contributed by atoms with Gasteiger partial charge in [0, 0.05) is 12.1 Å². The van der Waals surface area contributed by atoms with E-state index in [1.165, 1.54) is 6.92 Å². The lowest BCUT2D eigenvalue weighted by atomic mass is 9.92. The van der Waals surface area contributed by atoms with Crippen molar-refractivity contribution in [3.05, 3.63) is 53.3 Å². The third kappa shape index (κ3) is 3.52. The Labute approximate surface area is 128 Å². The first kappa shape index (κ1) is 15.8. The van der Waals surface area contributed by atoms with Crippen LogP contribution in [0.25, 0.3) is 0 Å². The molecule has 0 fully saturated rings. The second-order valence-corrected chi connectivity index (χ2v) is 5.39. The number of rotatable bonds is 6. The van der Waals surface area contributed by atoms with Gasteiger partial charge in [-0.1, -0.05) is 37.3 Å². The highest BCUT2D eigenvalue weighted by Gasteiger charge is 2.35. The fraction of sp³-hybridized carbons (Fsp3) is 0.312. The van der Waals surface area contributed by atoms with Crippen LogP contribution in [0.4, 0.5) is 0 Å². The van der Waals surface area contributed by atoms with Gasteiger partial charge in [0.2, 0.25) is 0 Å². The molecule has 1 heterocycles. The van der Waals surface area contributed by atoms with E-state index in [1.807, 2.05) is 37.3 Å². The molecule has 0 radical (unpaired) electrons. The van der Waals surface area contributed by atoms with E-state index in [4.69, 9.17) is 0 Å². The number of carbonyl (C=O) groups excluding carboxylic acids is 1. The molecule has 0 saturated heterocycles. The molecule has 116 valence electrons.